The van der Waals surface area contributed by atoms with Crippen LogP contribution in [0.5, 0.6) is 0 Å². The molecule has 2 aliphatic heterocycles. The van der Waals surface area contributed by atoms with E-state index in [2.05, 4.69) is 64.0 Å². The average Bonchev–Trinajstić information content (AvgIpc) is 2.66. The molecule has 2 bridgehead atoms. The fourth-order valence-corrected chi connectivity index (χ4v) is 4.54. The standard InChI is InChI=1S/C17H26BrN3/c1-12(19)17(13-4-3-5-14(18)10-13)21-9-8-15-6-7-16(11-21)20(15)2/h3-5,10,12,15-17H,6-9,11,19H2,1-2H3. The van der Waals surface area contributed by atoms with E-state index in [1.807, 2.05) is 0 Å². The van der Waals surface area contributed by atoms with Crippen LogP contribution in [0.3, 0.4) is 0 Å². The summed E-state index contributed by atoms with van der Waals surface area (Å²) < 4.78 is 1.14. The Hall–Kier alpha value is -0.420. The number of nitrogens with zero attached hydrogens (tertiary/aromatic N) is 2. The molecule has 4 atom stereocenters. The smallest absolute Gasteiger partial charge is 0.0497 e. The van der Waals surface area contributed by atoms with Crippen LogP contribution in [0, 0.1) is 0 Å². The summed E-state index contributed by atoms with van der Waals surface area (Å²) >= 11 is 3.59. The van der Waals surface area contributed by atoms with Crippen molar-refractivity contribution in [2.24, 2.45) is 5.73 Å². The van der Waals surface area contributed by atoms with E-state index >= 15 is 0 Å². The van der Waals surface area contributed by atoms with Crippen molar-refractivity contribution >= 4 is 15.9 Å². The third-order valence-electron chi connectivity index (χ3n) is 5.26. The Morgan fingerprint density at radius 1 is 1.24 bits per heavy atom. The fraction of sp³-hybridized carbons (Fsp3) is 0.647. The summed E-state index contributed by atoms with van der Waals surface area (Å²) in [6.45, 7) is 4.44. The number of halogens is 1. The van der Waals surface area contributed by atoms with E-state index in [1.165, 1.54) is 24.8 Å². The van der Waals surface area contributed by atoms with E-state index in [0.717, 1.165) is 23.6 Å². The van der Waals surface area contributed by atoms with Gasteiger partial charge in [-0.3, -0.25) is 9.80 Å². The summed E-state index contributed by atoms with van der Waals surface area (Å²) in [6.07, 6.45) is 3.97. The van der Waals surface area contributed by atoms with Gasteiger partial charge in [-0.15, -0.1) is 0 Å². The van der Waals surface area contributed by atoms with Crippen molar-refractivity contribution in [3.8, 4) is 0 Å². The lowest BCUT2D eigenvalue weighted by molar-refractivity contribution is 0.155. The predicted octanol–water partition coefficient (Wildman–Crippen LogP) is 3.01. The number of hydrogen-bond donors (Lipinski definition) is 1. The molecule has 0 radical (unpaired) electrons. The molecule has 0 spiro atoms. The van der Waals surface area contributed by atoms with Gasteiger partial charge in [0.25, 0.3) is 0 Å². The highest BCUT2D eigenvalue weighted by molar-refractivity contribution is 9.10. The Morgan fingerprint density at radius 2 is 2.00 bits per heavy atom. The van der Waals surface area contributed by atoms with Crippen molar-refractivity contribution < 1.29 is 0 Å². The minimum atomic E-state index is 0.140. The molecule has 0 saturated carbocycles. The topological polar surface area (TPSA) is 32.5 Å². The third-order valence-corrected chi connectivity index (χ3v) is 5.75. The van der Waals surface area contributed by atoms with E-state index in [4.69, 9.17) is 5.73 Å². The lowest BCUT2D eigenvalue weighted by Gasteiger charge is -2.36. The van der Waals surface area contributed by atoms with Gasteiger partial charge in [-0.2, -0.15) is 0 Å². The van der Waals surface area contributed by atoms with Gasteiger partial charge in [-0.1, -0.05) is 28.1 Å². The van der Waals surface area contributed by atoms with Crippen LogP contribution >= 0.6 is 15.9 Å². The molecule has 3 nitrogen and oxygen atoms in total. The maximum Gasteiger partial charge on any atom is 0.0497 e. The summed E-state index contributed by atoms with van der Waals surface area (Å²) in [4.78, 5) is 5.21. The van der Waals surface area contributed by atoms with E-state index in [9.17, 15) is 0 Å². The SMILES string of the molecule is CC(N)C(c1cccc(Br)c1)N1CCC2CCC(C1)N2C. The number of likely N-dealkylation sites (N-methyl/N-ethyl adjacent to an activating group) is 1. The third kappa shape index (κ3) is 3.19. The summed E-state index contributed by atoms with van der Waals surface area (Å²) in [7, 11) is 2.30. The first-order chi connectivity index (χ1) is 10.1. The van der Waals surface area contributed by atoms with Gasteiger partial charge in [0.1, 0.15) is 0 Å². The molecule has 2 fully saturated rings. The Kier molecular flexibility index (Phi) is 4.69. The lowest BCUT2D eigenvalue weighted by Crippen LogP contribution is -2.44. The second kappa shape index (κ2) is 6.37. The molecular weight excluding hydrogens is 326 g/mol. The lowest BCUT2D eigenvalue weighted by atomic mass is 9.97. The summed E-state index contributed by atoms with van der Waals surface area (Å²) in [5.74, 6) is 0. The fourth-order valence-electron chi connectivity index (χ4n) is 4.13. The van der Waals surface area contributed by atoms with Gasteiger partial charge in [0.05, 0.1) is 0 Å². The zero-order chi connectivity index (χ0) is 15.0. The normalized spacial score (nSPS) is 30.1. The molecule has 0 aromatic heterocycles. The molecule has 2 heterocycles. The molecule has 1 aromatic carbocycles. The number of nitrogens with two attached hydrogens (primary N) is 1. The minimum absolute atomic E-state index is 0.140. The molecule has 4 heteroatoms. The Balaban J connectivity index is 1.84. The molecule has 2 aliphatic rings. The van der Waals surface area contributed by atoms with Crippen molar-refractivity contribution in [3.05, 3.63) is 34.3 Å². The monoisotopic (exact) mass is 351 g/mol. The zero-order valence-corrected chi connectivity index (χ0v) is 14.6. The molecule has 1 aromatic rings. The first kappa shape index (κ1) is 15.5. The first-order valence-corrected chi connectivity index (χ1v) is 8.82. The minimum Gasteiger partial charge on any atom is -0.326 e. The molecule has 116 valence electrons. The maximum absolute atomic E-state index is 6.36. The quantitative estimate of drug-likeness (QED) is 0.908. The van der Waals surface area contributed by atoms with Gasteiger partial charge in [0.2, 0.25) is 0 Å². The van der Waals surface area contributed by atoms with E-state index in [1.54, 1.807) is 0 Å². The van der Waals surface area contributed by atoms with Crippen LogP contribution in [0.25, 0.3) is 0 Å². The Morgan fingerprint density at radius 3 is 2.71 bits per heavy atom. The molecule has 0 aliphatic carbocycles. The molecule has 0 amide bonds. The number of fused-ring (bicyclic) bond motifs is 2. The summed E-state index contributed by atoms with van der Waals surface area (Å²) in [6, 6.07) is 10.6. The van der Waals surface area contributed by atoms with Crippen LogP contribution in [0.1, 0.15) is 37.8 Å². The highest BCUT2D eigenvalue weighted by Gasteiger charge is 2.37. The van der Waals surface area contributed by atoms with E-state index in [0.29, 0.717) is 12.1 Å². The molecule has 2 N–H and O–H groups in total. The Labute approximate surface area is 136 Å². The van der Waals surface area contributed by atoms with Crippen molar-refractivity contribution in [3.63, 3.8) is 0 Å². The van der Waals surface area contributed by atoms with Gasteiger partial charge in [-0.05, 0) is 50.9 Å². The van der Waals surface area contributed by atoms with Gasteiger partial charge in [0, 0.05) is 41.7 Å². The van der Waals surface area contributed by atoms with E-state index < -0.39 is 0 Å². The molecule has 21 heavy (non-hydrogen) atoms. The van der Waals surface area contributed by atoms with Crippen molar-refractivity contribution in [2.45, 2.75) is 50.4 Å². The highest BCUT2D eigenvalue weighted by Crippen LogP contribution is 2.33. The van der Waals surface area contributed by atoms with Gasteiger partial charge in [-0.25, -0.2) is 0 Å². The van der Waals surface area contributed by atoms with Gasteiger partial charge >= 0.3 is 0 Å². The van der Waals surface area contributed by atoms with Crippen LogP contribution < -0.4 is 5.73 Å². The molecular formula is C17H26BrN3. The maximum atomic E-state index is 6.36. The van der Waals surface area contributed by atoms with Gasteiger partial charge in [0.15, 0.2) is 0 Å². The number of hydrogen-bond acceptors (Lipinski definition) is 3. The van der Waals surface area contributed by atoms with Crippen LogP contribution in [0.2, 0.25) is 0 Å². The number of benzene rings is 1. The van der Waals surface area contributed by atoms with E-state index in [-0.39, 0.29) is 6.04 Å². The number of likely N-dealkylation sites (tertiary alicyclic amines) is 1. The first-order valence-electron chi connectivity index (χ1n) is 8.03. The zero-order valence-electron chi connectivity index (χ0n) is 13.0. The molecule has 3 rings (SSSR count). The molecule has 2 saturated heterocycles. The predicted molar refractivity (Wildman–Crippen MR) is 91.3 cm³/mol. The van der Waals surface area contributed by atoms with Crippen LogP contribution in [0.15, 0.2) is 28.7 Å². The van der Waals surface area contributed by atoms with Crippen molar-refractivity contribution in [1.82, 2.24) is 9.80 Å². The van der Waals surface area contributed by atoms with Crippen molar-refractivity contribution in [1.29, 1.82) is 0 Å². The van der Waals surface area contributed by atoms with Crippen LogP contribution in [-0.4, -0.2) is 48.1 Å². The number of rotatable bonds is 3. The average molecular weight is 352 g/mol. The second-order valence-corrected chi connectivity index (χ2v) is 7.61. The van der Waals surface area contributed by atoms with Crippen LogP contribution in [-0.2, 0) is 0 Å². The van der Waals surface area contributed by atoms with Crippen molar-refractivity contribution in [2.75, 3.05) is 20.1 Å². The van der Waals surface area contributed by atoms with Crippen LogP contribution in [0.4, 0.5) is 0 Å². The van der Waals surface area contributed by atoms with Gasteiger partial charge < -0.3 is 5.73 Å². The second-order valence-electron chi connectivity index (χ2n) is 6.69. The largest absolute Gasteiger partial charge is 0.326 e. The highest BCUT2D eigenvalue weighted by atomic mass is 79.9. The summed E-state index contributed by atoms with van der Waals surface area (Å²) in [5.41, 5.74) is 7.70. The Bertz CT molecular complexity index is 491. The molecule has 4 unspecified atom stereocenters. The summed E-state index contributed by atoms with van der Waals surface area (Å²) in [5, 5.41) is 0.